The lowest BCUT2D eigenvalue weighted by Crippen LogP contribution is -2.33. The van der Waals surface area contributed by atoms with E-state index in [9.17, 15) is 9.59 Å². The van der Waals surface area contributed by atoms with Crippen LogP contribution >= 0.6 is 28.1 Å². The minimum absolute atomic E-state index is 0.0573. The van der Waals surface area contributed by atoms with E-state index in [0.717, 1.165) is 0 Å². The maximum Gasteiger partial charge on any atom is 0.293 e. The lowest BCUT2D eigenvalue weighted by molar-refractivity contribution is -0.115. The molecule has 1 aromatic carbocycles. The third-order valence-electron chi connectivity index (χ3n) is 2.77. The van der Waals surface area contributed by atoms with Gasteiger partial charge in [-0.05, 0) is 64.5 Å². The number of carbonyl (C=O) groups is 2. The highest BCUT2D eigenvalue weighted by Crippen LogP contribution is 2.15. The van der Waals surface area contributed by atoms with E-state index in [-0.39, 0.29) is 16.8 Å². The van der Waals surface area contributed by atoms with Gasteiger partial charge in [-0.2, -0.15) is 0 Å². The third kappa shape index (κ3) is 5.19. The van der Waals surface area contributed by atoms with Gasteiger partial charge in [0.05, 0.1) is 0 Å². The fourth-order valence-corrected chi connectivity index (χ4v) is 2.17. The van der Waals surface area contributed by atoms with Crippen molar-refractivity contribution in [2.45, 2.75) is 13.3 Å². The van der Waals surface area contributed by atoms with Gasteiger partial charge >= 0.3 is 0 Å². The molecule has 0 aliphatic carbocycles. The first-order valence-corrected chi connectivity index (χ1v) is 7.95. The molecule has 0 unspecified atom stereocenters. The topological polar surface area (TPSA) is 83.4 Å². The van der Waals surface area contributed by atoms with Crippen molar-refractivity contribution < 1.29 is 14.0 Å². The van der Waals surface area contributed by atoms with Crippen LogP contribution in [0.25, 0.3) is 0 Å². The minimum Gasteiger partial charge on any atom is -0.444 e. The summed E-state index contributed by atoms with van der Waals surface area (Å²) in [6.07, 6.45) is 0.416. The molecule has 0 saturated heterocycles. The average Bonchev–Trinajstić information content (AvgIpc) is 2.95. The van der Waals surface area contributed by atoms with Gasteiger partial charge in [-0.3, -0.25) is 14.9 Å². The van der Waals surface area contributed by atoms with Crippen LogP contribution in [-0.2, 0) is 4.79 Å². The van der Waals surface area contributed by atoms with Crippen molar-refractivity contribution in [3.05, 3.63) is 46.8 Å². The monoisotopic (exact) mass is 395 g/mol. The summed E-state index contributed by atoms with van der Waals surface area (Å²) in [5.74, 6) is -0.350. The zero-order chi connectivity index (χ0) is 16.8. The fraction of sp³-hybridized carbons (Fsp3) is 0.133. The molecule has 0 atom stereocenters. The lowest BCUT2D eigenvalue weighted by atomic mass is 10.2. The number of anilines is 2. The summed E-state index contributed by atoms with van der Waals surface area (Å²) in [5.41, 5.74) is 1.38. The molecule has 1 heterocycles. The molecule has 0 spiro atoms. The summed E-state index contributed by atoms with van der Waals surface area (Å²) >= 11 is 8.20. The molecule has 0 fully saturated rings. The van der Waals surface area contributed by atoms with E-state index >= 15 is 0 Å². The molecule has 1 aromatic heterocycles. The van der Waals surface area contributed by atoms with Gasteiger partial charge in [0.1, 0.15) is 0 Å². The number of furan rings is 1. The van der Waals surface area contributed by atoms with Crippen LogP contribution in [0.3, 0.4) is 0 Å². The minimum atomic E-state index is -0.444. The Hall–Kier alpha value is -2.19. The maximum atomic E-state index is 11.9. The second kappa shape index (κ2) is 7.89. The summed E-state index contributed by atoms with van der Waals surface area (Å²) in [6, 6.07) is 10.1. The molecule has 0 radical (unpaired) electrons. The molecule has 0 aliphatic heterocycles. The highest BCUT2D eigenvalue weighted by atomic mass is 79.9. The van der Waals surface area contributed by atoms with Gasteiger partial charge < -0.3 is 15.1 Å². The van der Waals surface area contributed by atoms with Gasteiger partial charge in [0.25, 0.3) is 5.91 Å². The van der Waals surface area contributed by atoms with Crippen molar-refractivity contribution in [2.75, 3.05) is 10.6 Å². The van der Waals surface area contributed by atoms with Gasteiger partial charge in [-0.25, -0.2) is 0 Å². The number of rotatable bonds is 4. The van der Waals surface area contributed by atoms with Crippen LogP contribution in [0.2, 0.25) is 0 Å². The third-order valence-corrected chi connectivity index (χ3v) is 3.40. The number of amides is 2. The van der Waals surface area contributed by atoms with E-state index in [1.165, 1.54) is 6.07 Å². The first-order chi connectivity index (χ1) is 11.0. The molecule has 0 saturated carbocycles. The molecule has 23 heavy (non-hydrogen) atoms. The van der Waals surface area contributed by atoms with Crippen LogP contribution < -0.4 is 16.0 Å². The zero-order valence-electron chi connectivity index (χ0n) is 12.2. The van der Waals surface area contributed by atoms with Crippen molar-refractivity contribution in [3.63, 3.8) is 0 Å². The Morgan fingerprint density at radius 3 is 2.22 bits per heavy atom. The number of benzene rings is 1. The number of hydrogen-bond acceptors (Lipinski definition) is 4. The molecule has 120 valence electrons. The standard InChI is InChI=1S/C15H14BrN3O3S/c1-2-13(20)17-9-3-5-10(6-4-9)18-15(23)19-14(21)11-7-8-12(16)22-11/h3-8H,2H2,1H3,(H,17,20)(H2,18,19,21,23). The normalized spacial score (nSPS) is 10.0. The Morgan fingerprint density at radius 1 is 1.09 bits per heavy atom. The number of halogens is 1. The van der Waals surface area contributed by atoms with Crippen molar-refractivity contribution >= 4 is 56.4 Å². The van der Waals surface area contributed by atoms with Crippen LogP contribution in [0.4, 0.5) is 11.4 Å². The Morgan fingerprint density at radius 2 is 1.70 bits per heavy atom. The SMILES string of the molecule is CCC(=O)Nc1ccc(NC(=S)NC(=O)c2ccc(Br)o2)cc1. The predicted octanol–water partition coefficient (Wildman–Crippen LogP) is 3.52. The zero-order valence-corrected chi connectivity index (χ0v) is 14.6. The molecular formula is C15H14BrN3O3S. The highest BCUT2D eigenvalue weighted by molar-refractivity contribution is 9.10. The van der Waals surface area contributed by atoms with Crippen molar-refractivity contribution in [1.82, 2.24) is 5.32 Å². The molecule has 0 bridgehead atoms. The molecule has 3 N–H and O–H groups in total. The highest BCUT2D eigenvalue weighted by Gasteiger charge is 2.12. The molecule has 6 nitrogen and oxygen atoms in total. The molecule has 2 aromatic rings. The predicted molar refractivity (Wildman–Crippen MR) is 95.5 cm³/mol. The van der Waals surface area contributed by atoms with Crippen molar-refractivity contribution in [1.29, 1.82) is 0 Å². The molecule has 8 heteroatoms. The smallest absolute Gasteiger partial charge is 0.293 e. The first-order valence-electron chi connectivity index (χ1n) is 6.75. The quantitative estimate of drug-likeness (QED) is 0.689. The van der Waals surface area contributed by atoms with Crippen molar-refractivity contribution in [3.8, 4) is 0 Å². The second-order valence-electron chi connectivity index (χ2n) is 4.49. The lowest BCUT2D eigenvalue weighted by Gasteiger charge is -2.09. The molecular weight excluding hydrogens is 382 g/mol. The summed E-state index contributed by atoms with van der Waals surface area (Å²) < 4.78 is 5.60. The fourth-order valence-electron chi connectivity index (χ4n) is 1.65. The Balaban J connectivity index is 1.90. The summed E-state index contributed by atoms with van der Waals surface area (Å²) in [4.78, 5) is 23.2. The number of nitrogens with one attached hydrogen (secondary N) is 3. The van der Waals surface area contributed by atoms with Gasteiger partial charge in [-0.15, -0.1) is 0 Å². The van der Waals surface area contributed by atoms with Crippen LogP contribution in [0.1, 0.15) is 23.9 Å². The number of carbonyl (C=O) groups excluding carboxylic acids is 2. The summed E-state index contributed by atoms with van der Waals surface area (Å²) in [5, 5.41) is 8.28. The Bertz CT molecular complexity index is 728. The Labute approximate surface area is 146 Å². The van der Waals surface area contributed by atoms with Crippen molar-refractivity contribution in [2.24, 2.45) is 0 Å². The van der Waals surface area contributed by atoms with E-state index in [1.807, 2.05) is 0 Å². The molecule has 0 aliphatic rings. The van der Waals surface area contributed by atoms with Crippen LogP contribution in [0, 0.1) is 0 Å². The van der Waals surface area contributed by atoms with Gasteiger partial charge in [0.15, 0.2) is 15.5 Å². The van der Waals surface area contributed by atoms with E-state index in [4.69, 9.17) is 16.6 Å². The number of thiocarbonyl (C=S) groups is 1. The number of hydrogen-bond donors (Lipinski definition) is 3. The molecule has 2 rings (SSSR count). The van der Waals surface area contributed by atoms with Crippen LogP contribution in [0.15, 0.2) is 45.5 Å². The van der Waals surface area contributed by atoms with Gasteiger partial charge in [0, 0.05) is 17.8 Å². The first kappa shape index (κ1) is 17.2. The summed E-state index contributed by atoms with van der Waals surface area (Å²) in [6.45, 7) is 1.78. The van der Waals surface area contributed by atoms with Gasteiger partial charge in [0.2, 0.25) is 5.91 Å². The van der Waals surface area contributed by atoms with Gasteiger partial charge in [-0.1, -0.05) is 6.92 Å². The average molecular weight is 396 g/mol. The molecule has 2 amide bonds. The van der Waals surface area contributed by atoms with E-state index in [2.05, 4.69) is 31.9 Å². The van der Waals surface area contributed by atoms with Crippen LogP contribution in [-0.4, -0.2) is 16.9 Å². The van der Waals surface area contributed by atoms with E-state index < -0.39 is 5.91 Å². The van der Waals surface area contributed by atoms with Crippen LogP contribution in [0.5, 0.6) is 0 Å². The maximum absolute atomic E-state index is 11.9. The summed E-state index contributed by atoms with van der Waals surface area (Å²) in [7, 11) is 0. The largest absolute Gasteiger partial charge is 0.444 e. The second-order valence-corrected chi connectivity index (χ2v) is 5.68. The van der Waals surface area contributed by atoms with E-state index in [1.54, 1.807) is 37.3 Å². The van der Waals surface area contributed by atoms with E-state index in [0.29, 0.717) is 22.5 Å². The Kier molecular flexibility index (Phi) is 5.89.